The van der Waals surface area contributed by atoms with Crippen molar-refractivity contribution in [1.29, 1.82) is 0 Å². The Kier molecular flexibility index (Phi) is 4.85. The maximum atomic E-state index is 6.48. The summed E-state index contributed by atoms with van der Waals surface area (Å²) in [6.07, 6.45) is 1.31. The number of nitrogens with one attached hydrogen (secondary N) is 1. The van der Waals surface area contributed by atoms with Gasteiger partial charge in [0.05, 0.1) is 5.02 Å². The lowest BCUT2D eigenvalue weighted by molar-refractivity contribution is 0.264. The first-order chi connectivity index (χ1) is 10.1. The molecule has 114 valence electrons. The van der Waals surface area contributed by atoms with Crippen LogP contribution in [0.4, 0.5) is 0 Å². The SMILES string of the molecule is CC(C)N1CCC(CNCc2sc3ccccc3c2Cl)C1. The minimum Gasteiger partial charge on any atom is -0.311 e. The molecule has 1 fully saturated rings. The third kappa shape index (κ3) is 3.42. The van der Waals surface area contributed by atoms with Crippen molar-refractivity contribution in [1.82, 2.24) is 10.2 Å². The first kappa shape index (κ1) is 15.3. The molecule has 21 heavy (non-hydrogen) atoms. The predicted molar refractivity (Wildman–Crippen MR) is 93.4 cm³/mol. The monoisotopic (exact) mass is 322 g/mol. The van der Waals surface area contributed by atoms with E-state index in [0.717, 1.165) is 24.0 Å². The molecule has 1 N–H and O–H groups in total. The lowest BCUT2D eigenvalue weighted by atomic mass is 10.1. The molecule has 1 aliphatic heterocycles. The van der Waals surface area contributed by atoms with Crippen molar-refractivity contribution in [2.24, 2.45) is 5.92 Å². The topological polar surface area (TPSA) is 15.3 Å². The highest BCUT2D eigenvalue weighted by molar-refractivity contribution is 7.19. The average molecular weight is 323 g/mol. The zero-order valence-electron chi connectivity index (χ0n) is 12.7. The van der Waals surface area contributed by atoms with Gasteiger partial charge in [0, 0.05) is 34.1 Å². The minimum absolute atomic E-state index is 0.673. The molecule has 1 aromatic carbocycles. The quantitative estimate of drug-likeness (QED) is 0.879. The number of thiophene rings is 1. The summed E-state index contributed by atoms with van der Waals surface area (Å²) < 4.78 is 1.28. The fourth-order valence-electron chi connectivity index (χ4n) is 3.07. The molecule has 0 aliphatic carbocycles. The second-order valence-corrected chi connectivity index (χ2v) is 7.72. The Bertz CT molecular complexity index is 608. The van der Waals surface area contributed by atoms with Gasteiger partial charge in [0.25, 0.3) is 0 Å². The van der Waals surface area contributed by atoms with Crippen LogP contribution in [0.3, 0.4) is 0 Å². The molecule has 2 aromatic rings. The molecular weight excluding hydrogens is 300 g/mol. The van der Waals surface area contributed by atoms with Crippen molar-refractivity contribution < 1.29 is 0 Å². The van der Waals surface area contributed by atoms with Crippen molar-refractivity contribution in [3.8, 4) is 0 Å². The van der Waals surface area contributed by atoms with Crippen LogP contribution in [0.25, 0.3) is 10.1 Å². The highest BCUT2D eigenvalue weighted by Gasteiger charge is 2.23. The normalized spacial score (nSPS) is 19.9. The summed E-state index contributed by atoms with van der Waals surface area (Å²) in [5.74, 6) is 0.778. The molecule has 1 atom stereocenters. The van der Waals surface area contributed by atoms with Crippen LogP contribution < -0.4 is 5.32 Å². The Morgan fingerprint density at radius 1 is 1.38 bits per heavy atom. The maximum absolute atomic E-state index is 6.48. The number of fused-ring (bicyclic) bond motifs is 1. The maximum Gasteiger partial charge on any atom is 0.0636 e. The van der Waals surface area contributed by atoms with E-state index in [0.29, 0.717) is 6.04 Å². The summed E-state index contributed by atoms with van der Waals surface area (Å²) in [5.41, 5.74) is 0. The number of benzene rings is 1. The third-order valence-corrected chi connectivity index (χ3v) is 6.08. The molecule has 1 unspecified atom stereocenters. The Morgan fingerprint density at radius 2 is 2.19 bits per heavy atom. The molecule has 4 heteroatoms. The number of likely N-dealkylation sites (tertiary alicyclic amines) is 1. The number of halogens is 1. The smallest absolute Gasteiger partial charge is 0.0636 e. The van der Waals surface area contributed by atoms with E-state index in [-0.39, 0.29) is 0 Å². The fraction of sp³-hybridized carbons (Fsp3) is 0.529. The van der Waals surface area contributed by atoms with Crippen LogP contribution in [0.2, 0.25) is 5.02 Å². The van der Waals surface area contributed by atoms with Crippen LogP contribution in [-0.2, 0) is 6.54 Å². The van der Waals surface area contributed by atoms with Gasteiger partial charge >= 0.3 is 0 Å². The molecule has 0 spiro atoms. The van der Waals surface area contributed by atoms with E-state index in [2.05, 4.69) is 48.3 Å². The van der Waals surface area contributed by atoms with E-state index in [4.69, 9.17) is 11.6 Å². The molecule has 2 heterocycles. The van der Waals surface area contributed by atoms with E-state index in [1.807, 2.05) is 0 Å². The molecule has 2 nitrogen and oxygen atoms in total. The second-order valence-electron chi connectivity index (χ2n) is 6.21. The molecule has 3 rings (SSSR count). The molecule has 0 saturated carbocycles. The largest absolute Gasteiger partial charge is 0.311 e. The first-order valence-corrected chi connectivity index (χ1v) is 8.95. The van der Waals surface area contributed by atoms with E-state index in [1.165, 1.54) is 34.5 Å². The van der Waals surface area contributed by atoms with Crippen LogP contribution in [0.1, 0.15) is 25.1 Å². The highest BCUT2D eigenvalue weighted by Crippen LogP contribution is 2.35. The summed E-state index contributed by atoms with van der Waals surface area (Å²) >= 11 is 8.29. The molecule has 0 bridgehead atoms. The number of hydrogen-bond acceptors (Lipinski definition) is 3. The third-order valence-electron chi connectivity index (χ3n) is 4.37. The van der Waals surface area contributed by atoms with Gasteiger partial charge in [-0.15, -0.1) is 11.3 Å². The van der Waals surface area contributed by atoms with Crippen LogP contribution in [0.5, 0.6) is 0 Å². The number of hydrogen-bond donors (Lipinski definition) is 1. The number of rotatable bonds is 5. The van der Waals surface area contributed by atoms with Gasteiger partial charge in [0.1, 0.15) is 0 Å². The van der Waals surface area contributed by atoms with Crippen LogP contribution >= 0.6 is 22.9 Å². The van der Waals surface area contributed by atoms with Crippen molar-refractivity contribution in [2.75, 3.05) is 19.6 Å². The van der Waals surface area contributed by atoms with Crippen LogP contribution in [0.15, 0.2) is 24.3 Å². The Balaban J connectivity index is 1.54. The van der Waals surface area contributed by atoms with Gasteiger partial charge in [-0.1, -0.05) is 29.8 Å². The fourth-order valence-corrected chi connectivity index (χ4v) is 4.54. The standard InChI is InChI=1S/C17H23ClN2S/c1-12(2)20-8-7-13(11-20)9-19-10-16-17(18)14-5-3-4-6-15(14)21-16/h3-6,12-13,19H,7-11H2,1-2H3. The first-order valence-electron chi connectivity index (χ1n) is 7.76. The lowest BCUT2D eigenvalue weighted by Crippen LogP contribution is -2.30. The molecule has 0 radical (unpaired) electrons. The van der Waals surface area contributed by atoms with E-state index < -0.39 is 0 Å². The predicted octanol–water partition coefficient (Wildman–Crippen LogP) is 4.37. The van der Waals surface area contributed by atoms with Crippen LogP contribution in [-0.4, -0.2) is 30.6 Å². The molecule has 0 amide bonds. The average Bonchev–Trinajstić information content (AvgIpc) is 3.06. The van der Waals surface area contributed by atoms with Crippen molar-refractivity contribution in [3.63, 3.8) is 0 Å². The summed E-state index contributed by atoms with van der Waals surface area (Å²) in [7, 11) is 0. The van der Waals surface area contributed by atoms with Crippen molar-refractivity contribution in [3.05, 3.63) is 34.2 Å². The Morgan fingerprint density at radius 3 is 2.90 bits per heavy atom. The molecule has 1 aliphatic rings. The Labute approximate surface area is 136 Å². The minimum atomic E-state index is 0.673. The summed E-state index contributed by atoms with van der Waals surface area (Å²) in [6, 6.07) is 9.05. The summed E-state index contributed by atoms with van der Waals surface area (Å²) in [6.45, 7) is 9.02. The lowest BCUT2D eigenvalue weighted by Gasteiger charge is -2.20. The molecular formula is C17H23ClN2S. The molecule has 1 saturated heterocycles. The summed E-state index contributed by atoms with van der Waals surface area (Å²) in [5, 5.41) is 5.72. The van der Waals surface area contributed by atoms with E-state index in [1.54, 1.807) is 11.3 Å². The van der Waals surface area contributed by atoms with Gasteiger partial charge in [-0.2, -0.15) is 0 Å². The zero-order chi connectivity index (χ0) is 14.8. The van der Waals surface area contributed by atoms with Gasteiger partial charge in [0.15, 0.2) is 0 Å². The van der Waals surface area contributed by atoms with E-state index in [9.17, 15) is 0 Å². The highest BCUT2D eigenvalue weighted by atomic mass is 35.5. The van der Waals surface area contributed by atoms with Gasteiger partial charge < -0.3 is 10.2 Å². The van der Waals surface area contributed by atoms with Gasteiger partial charge in [0.2, 0.25) is 0 Å². The van der Waals surface area contributed by atoms with Gasteiger partial charge in [-0.25, -0.2) is 0 Å². The summed E-state index contributed by atoms with van der Waals surface area (Å²) in [4.78, 5) is 3.83. The second kappa shape index (κ2) is 6.66. The number of nitrogens with zero attached hydrogens (tertiary/aromatic N) is 1. The van der Waals surface area contributed by atoms with Crippen molar-refractivity contribution in [2.45, 2.75) is 32.9 Å². The Hall–Kier alpha value is -0.610. The van der Waals surface area contributed by atoms with Gasteiger partial charge in [-0.3, -0.25) is 0 Å². The van der Waals surface area contributed by atoms with Gasteiger partial charge in [-0.05, 0) is 45.3 Å². The van der Waals surface area contributed by atoms with E-state index >= 15 is 0 Å². The molecule has 1 aromatic heterocycles. The zero-order valence-corrected chi connectivity index (χ0v) is 14.3. The van der Waals surface area contributed by atoms with Crippen LogP contribution in [0, 0.1) is 5.92 Å². The van der Waals surface area contributed by atoms with Crippen molar-refractivity contribution >= 4 is 33.0 Å².